The van der Waals surface area contributed by atoms with Crippen molar-refractivity contribution in [2.45, 2.75) is 65.1 Å². The van der Waals surface area contributed by atoms with Crippen LogP contribution in [-0.2, 0) is 17.7 Å². The number of likely N-dealkylation sites (tertiary alicyclic amines) is 1. The van der Waals surface area contributed by atoms with Gasteiger partial charge in [0.05, 0.1) is 17.2 Å². The molecule has 1 aromatic heterocycles. The van der Waals surface area contributed by atoms with Crippen LogP contribution in [0.1, 0.15) is 61.4 Å². The van der Waals surface area contributed by atoms with Crippen LogP contribution in [0.25, 0.3) is 0 Å². The van der Waals surface area contributed by atoms with E-state index in [4.69, 9.17) is 16.3 Å². The highest BCUT2D eigenvalue weighted by atomic mass is 35.5. The molecule has 1 saturated heterocycles. The van der Waals surface area contributed by atoms with Gasteiger partial charge in [-0.05, 0) is 75.8 Å². The maximum atomic E-state index is 12.8. The SMILES string of the molecule is Cc1ncc(N2CCc3c(cc(Cl)cc3[C@@H]3CCCN3C(=O)OC(C)(C)C)C2)s1. The molecule has 0 bridgehead atoms. The van der Waals surface area contributed by atoms with Crippen molar-refractivity contribution < 1.29 is 9.53 Å². The number of anilines is 1. The molecule has 7 heteroatoms. The topological polar surface area (TPSA) is 45.7 Å². The summed E-state index contributed by atoms with van der Waals surface area (Å²) in [7, 11) is 0. The Morgan fingerprint density at radius 3 is 2.79 bits per heavy atom. The number of halogens is 1. The first-order chi connectivity index (χ1) is 13.7. The lowest BCUT2D eigenvalue weighted by Crippen LogP contribution is -2.37. The summed E-state index contributed by atoms with van der Waals surface area (Å²) in [6.45, 7) is 10.3. The second kappa shape index (κ2) is 7.80. The van der Waals surface area contributed by atoms with Crippen LogP contribution in [0.15, 0.2) is 18.3 Å². The van der Waals surface area contributed by atoms with Gasteiger partial charge in [0.25, 0.3) is 0 Å². The van der Waals surface area contributed by atoms with Crippen LogP contribution in [0.3, 0.4) is 0 Å². The smallest absolute Gasteiger partial charge is 0.410 e. The summed E-state index contributed by atoms with van der Waals surface area (Å²) in [6, 6.07) is 4.17. The summed E-state index contributed by atoms with van der Waals surface area (Å²) in [5, 5.41) is 3.01. The van der Waals surface area contributed by atoms with Gasteiger partial charge in [-0.15, -0.1) is 11.3 Å². The Morgan fingerprint density at radius 1 is 1.31 bits per heavy atom. The number of hydrogen-bond acceptors (Lipinski definition) is 5. The molecule has 1 amide bonds. The van der Waals surface area contributed by atoms with Gasteiger partial charge in [-0.3, -0.25) is 0 Å². The van der Waals surface area contributed by atoms with Crippen molar-refractivity contribution in [2.24, 2.45) is 0 Å². The Kier molecular flexibility index (Phi) is 5.51. The number of nitrogens with zero attached hydrogens (tertiary/aromatic N) is 3. The molecule has 0 radical (unpaired) electrons. The van der Waals surface area contributed by atoms with Crippen LogP contribution in [0.4, 0.5) is 9.80 Å². The van der Waals surface area contributed by atoms with Gasteiger partial charge in [-0.1, -0.05) is 11.6 Å². The molecule has 1 aromatic carbocycles. The van der Waals surface area contributed by atoms with Crippen LogP contribution in [0, 0.1) is 6.92 Å². The molecule has 0 unspecified atom stereocenters. The zero-order chi connectivity index (χ0) is 20.8. The van der Waals surface area contributed by atoms with Crippen molar-refractivity contribution in [3.8, 4) is 0 Å². The zero-order valence-corrected chi connectivity index (χ0v) is 19.1. The van der Waals surface area contributed by atoms with E-state index >= 15 is 0 Å². The van der Waals surface area contributed by atoms with E-state index in [-0.39, 0.29) is 12.1 Å². The van der Waals surface area contributed by atoms with E-state index in [9.17, 15) is 4.79 Å². The normalized spacial score (nSPS) is 19.4. The number of rotatable bonds is 2. The van der Waals surface area contributed by atoms with E-state index < -0.39 is 5.60 Å². The second-order valence-electron chi connectivity index (χ2n) is 8.85. The Balaban J connectivity index is 1.62. The maximum absolute atomic E-state index is 12.8. The number of fused-ring (bicyclic) bond motifs is 1. The van der Waals surface area contributed by atoms with Gasteiger partial charge in [0, 0.05) is 24.7 Å². The van der Waals surface area contributed by atoms with Crippen LogP contribution >= 0.6 is 22.9 Å². The summed E-state index contributed by atoms with van der Waals surface area (Å²) in [4.78, 5) is 21.4. The molecule has 156 valence electrons. The molecular formula is C22H28ClN3O2S. The molecule has 2 aliphatic heterocycles. The van der Waals surface area contributed by atoms with Crippen molar-refractivity contribution >= 4 is 34.0 Å². The fourth-order valence-corrected chi connectivity index (χ4v) is 5.35. The molecule has 1 fully saturated rings. The standard InChI is InChI=1S/C22H28ClN3O2S/c1-14-24-12-20(29-14)25-9-7-17-15(13-25)10-16(23)11-18(17)19-6-5-8-26(19)21(27)28-22(2,3)4/h10-12,19H,5-9,13H2,1-4H3/t19-/m0/s1. The van der Waals surface area contributed by atoms with Crippen molar-refractivity contribution in [3.05, 3.63) is 45.1 Å². The molecule has 5 nitrogen and oxygen atoms in total. The minimum Gasteiger partial charge on any atom is -0.444 e. The highest BCUT2D eigenvalue weighted by Gasteiger charge is 2.35. The van der Waals surface area contributed by atoms with Crippen molar-refractivity contribution in [3.63, 3.8) is 0 Å². The average molecular weight is 434 g/mol. The summed E-state index contributed by atoms with van der Waals surface area (Å²) in [5.74, 6) is 0. The number of aromatic nitrogens is 1. The van der Waals surface area contributed by atoms with Gasteiger partial charge >= 0.3 is 6.09 Å². The second-order valence-corrected chi connectivity index (χ2v) is 10.5. The number of benzene rings is 1. The fourth-order valence-electron chi connectivity index (χ4n) is 4.30. The molecular weight excluding hydrogens is 406 g/mol. The van der Waals surface area contributed by atoms with Crippen LogP contribution in [0.5, 0.6) is 0 Å². The summed E-state index contributed by atoms with van der Waals surface area (Å²) in [6.07, 6.45) is 4.60. The molecule has 0 aliphatic carbocycles. The number of thiazole rings is 1. The molecule has 2 aromatic rings. The van der Waals surface area contributed by atoms with Gasteiger partial charge in [0.1, 0.15) is 10.6 Å². The van der Waals surface area contributed by atoms with Crippen molar-refractivity contribution in [1.82, 2.24) is 9.88 Å². The molecule has 0 spiro atoms. The number of aryl methyl sites for hydroxylation is 1. The fraction of sp³-hybridized carbons (Fsp3) is 0.545. The molecule has 0 N–H and O–H groups in total. The van der Waals surface area contributed by atoms with Crippen LogP contribution in [-0.4, -0.2) is 34.7 Å². The van der Waals surface area contributed by atoms with Crippen LogP contribution < -0.4 is 4.90 Å². The highest BCUT2D eigenvalue weighted by Crippen LogP contribution is 2.40. The van der Waals surface area contributed by atoms with E-state index in [1.165, 1.54) is 21.7 Å². The Labute approximate surface area is 181 Å². The minimum atomic E-state index is -0.495. The van der Waals surface area contributed by atoms with Gasteiger partial charge in [0.2, 0.25) is 0 Å². The Bertz CT molecular complexity index is 921. The monoisotopic (exact) mass is 433 g/mol. The third kappa shape index (κ3) is 4.38. The molecule has 1 atom stereocenters. The molecule has 2 aliphatic rings. The van der Waals surface area contributed by atoms with Gasteiger partial charge in [-0.2, -0.15) is 0 Å². The van der Waals surface area contributed by atoms with Crippen LogP contribution in [0.2, 0.25) is 5.02 Å². The number of amides is 1. The molecule has 29 heavy (non-hydrogen) atoms. The van der Waals surface area contributed by atoms with Crippen molar-refractivity contribution in [1.29, 1.82) is 0 Å². The molecule has 0 saturated carbocycles. The summed E-state index contributed by atoms with van der Waals surface area (Å²) >= 11 is 8.25. The quantitative estimate of drug-likeness (QED) is 0.605. The first kappa shape index (κ1) is 20.5. The van der Waals surface area contributed by atoms with Gasteiger partial charge < -0.3 is 14.5 Å². The van der Waals surface area contributed by atoms with E-state index in [1.807, 2.05) is 38.8 Å². The predicted octanol–water partition coefficient (Wildman–Crippen LogP) is 5.74. The number of carbonyl (C=O) groups excluding carboxylic acids is 1. The third-order valence-electron chi connectivity index (χ3n) is 5.50. The maximum Gasteiger partial charge on any atom is 0.410 e. The Hall–Kier alpha value is -1.79. The van der Waals surface area contributed by atoms with Gasteiger partial charge in [-0.25, -0.2) is 9.78 Å². The lowest BCUT2D eigenvalue weighted by molar-refractivity contribution is 0.0224. The summed E-state index contributed by atoms with van der Waals surface area (Å²) in [5.41, 5.74) is 3.29. The average Bonchev–Trinajstić information content (AvgIpc) is 3.28. The number of hydrogen-bond donors (Lipinski definition) is 0. The zero-order valence-electron chi connectivity index (χ0n) is 17.5. The van der Waals surface area contributed by atoms with Gasteiger partial charge in [0.15, 0.2) is 0 Å². The highest BCUT2D eigenvalue weighted by molar-refractivity contribution is 7.15. The van der Waals surface area contributed by atoms with E-state index in [2.05, 4.69) is 22.0 Å². The van der Waals surface area contributed by atoms with E-state index in [0.717, 1.165) is 48.9 Å². The largest absolute Gasteiger partial charge is 0.444 e. The Morgan fingerprint density at radius 2 is 2.10 bits per heavy atom. The lowest BCUT2D eigenvalue weighted by atomic mass is 9.90. The van der Waals surface area contributed by atoms with E-state index in [0.29, 0.717) is 0 Å². The third-order valence-corrected chi connectivity index (χ3v) is 6.69. The summed E-state index contributed by atoms with van der Waals surface area (Å²) < 4.78 is 5.67. The number of carbonyl (C=O) groups is 1. The van der Waals surface area contributed by atoms with E-state index in [1.54, 1.807) is 11.3 Å². The first-order valence-electron chi connectivity index (χ1n) is 10.2. The lowest BCUT2D eigenvalue weighted by Gasteiger charge is -2.34. The number of ether oxygens (including phenoxy) is 1. The first-order valence-corrected chi connectivity index (χ1v) is 11.4. The molecule has 4 rings (SSSR count). The minimum absolute atomic E-state index is 0.0366. The van der Waals surface area contributed by atoms with Crippen molar-refractivity contribution in [2.75, 3.05) is 18.0 Å². The molecule has 3 heterocycles. The predicted molar refractivity (Wildman–Crippen MR) is 118 cm³/mol.